The summed E-state index contributed by atoms with van der Waals surface area (Å²) in [6.07, 6.45) is 2.79. The molecule has 4 rings (SSSR count). The Hall–Kier alpha value is -3.63. The van der Waals surface area contributed by atoms with Crippen LogP contribution in [0.2, 0.25) is 0 Å². The predicted octanol–water partition coefficient (Wildman–Crippen LogP) is 1.59. The summed E-state index contributed by atoms with van der Waals surface area (Å²) >= 11 is 0. The van der Waals surface area contributed by atoms with E-state index in [9.17, 15) is 14.4 Å². The van der Waals surface area contributed by atoms with E-state index in [4.69, 9.17) is 0 Å². The zero-order valence-electron chi connectivity index (χ0n) is 19.8. The Morgan fingerprint density at radius 2 is 1.82 bits per heavy atom. The minimum atomic E-state index is -0.245. The van der Waals surface area contributed by atoms with Crippen LogP contribution in [0.15, 0.2) is 24.4 Å². The van der Waals surface area contributed by atoms with Crippen molar-refractivity contribution in [2.75, 3.05) is 54.4 Å². The van der Waals surface area contributed by atoms with Gasteiger partial charge in [-0.05, 0) is 32.4 Å². The van der Waals surface area contributed by atoms with Crippen molar-refractivity contribution in [3.05, 3.63) is 30.1 Å². The first-order chi connectivity index (χ1) is 16.4. The molecule has 2 aliphatic heterocycles. The van der Waals surface area contributed by atoms with Gasteiger partial charge in [-0.2, -0.15) is 5.10 Å². The molecule has 0 aliphatic carbocycles. The first kappa shape index (κ1) is 23.5. The molecule has 0 atom stereocenters. The third-order valence-corrected chi connectivity index (χ3v) is 6.05. The number of pyridine rings is 1. The first-order valence-corrected chi connectivity index (χ1v) is 11.8. The summed E-state index contributed by atoms with van der Waals surface area (Å²) in [7, 11) is 0. The second-order valence-electron chi connectivity index (χ2n) is 8.53. The van der Waals surface area contributed by atoms with E-state index in [0.717, 1.165) is 43.3 Å². The van der Waals surface area contributed by atoms with Crippen LogP contribution in [0.4, 0.5) is 22.1 Å². The van der Waals surface area contributed by atoms with Crippen molar-refractivity contribution in [1.82, 2.24) is 25.0 Å². The zero-order chi connectivity index (χ0) is 24.1. The molecule has 0 radical (unpaired) electrons. The standard InChI is InChI=1S/C23H32N8O3/c1-3-24-23(34)29-13-11-28(12-14-29)18-5-6-19(25-16-18)26-20(32)7-8-22(33)30-9-4-10-31-21(30)15-17(2)27-31/h5-6,15-16H,3-4,7-14H2,1-2H3,(H,24,34)(H,25,26,32). The van der Waals surface area contributed by atoms with Crippen LogP contribution >= 0.6 is 0 Å². The van der Waals surface area contributed by atoms with Gasteiger partial charge in [0.05, 0.1) is 17.6 Å². The average molecular weight is 469 g/mol. The highest BCUT2D eigenvalue weighted by Crippen LogP contribution is 2.23. The Balaban J connectivity index is 1.24. The lowest BCUT2D eigenvalue weighted by Crippen LogP contribution is -2.51. The van der Waals surface area contributed by atoms with Crippen molar-refractivity contribution in [3.8, 4) is 0 Å². The van der Waals surface area contributed by atoms with E-state index in [1.54, 1.807) is 17.2 Å². The van der Waals surface area contributed by atoms with Gasteiger partial charge in [0.15, 0.2) is 0 Å². The highest BCUT2D eigenvalue weighted by Gasteiger charge is 2.24. The SMILES string of the molecule is CCNC(=O)N1CCN(c2ccc(NC(=O)CCC(=O)N3CCCn4nc(C)cc43)nc2)CC1. The molecule has 2 aliphatic rings. The van der Waals surface area contributed by atoms with Gasteiger partial charge in [-0.15, -0.1) is 0 Å². The summed E-state index contributed by atoms with van der Waals surface area (Å²) < 4.78 is 1.85. The molecule has 4 amide bonds. The van der Waals surface area contributed by atoms with Gasteiger partial charge in [0, 0.05) is 64.7 Å². The van der Waals surface area contributed by atoms with Gasteiger partial charge < -0.3 is 20.4 Å². The number of aromatic nitrogens is 3. The van der Waals surface area contributed by atoms with Gasteiger partial charge in [-0.1, -0.05) is 0 Å². The Kier molecular flexibility index (Phi) is 7.29. The molecule has 11 heteroatoms. The molecule has 0 spiro atoms. The third kappa shape index (κ3) is 5.46. The molecule has 1 saturated heterocycles. The average Bonchev–Trinajstić information content (AvgIpc) is 3.23. The van der Waals surface area contributed by atoms with Crippen LogP contribution in [-0.4, -0.2) is 76.8 Å². The van der Waals surface area contributed by atoms with Crippen molar-refractivity contribution < 1.29 is 14.4 Å². The van der Waals surface area contributed by atoms with Crippen molar-refractivity contribution in [3.63, 3.8) is 0 Å². The van der Waals surface area contributed by atoms with Crippen molar-refractivity contribution in [2.45, 2.75) is 39.7 Å². The van der Waals surface area contributed by atoms with E-state index in [1.807, 2.05) is 35.6 Å². The number of amides is 4. The van der Waals surface area contributed by atoms with Gasteiger partial charge in [-0.25, -0.2) is 14.5 Å². The van der Waals surface area contributed by atoms with E-state index in [-0.39, 0.29) is 30.7 Å². The van der Waals surface area contributed by atoms with E-state index < -0.39 is 0 Å². The lowest BCUT2D eigenvalue weighted by atomic mass is 10.2. The Labute approximate surface area is 199 Å². The van der Waals surface area contributed by atoms with Crippen molar-refractivity contribution in [2.24, 2.45) is 0 Å². The molecule has 2 N–H and O–H groups in total. The van der Waals surface area contributed by atoms with E-state index >= 15 is 0 Å². The molecule has 0 bridgehead atoms. The highest BCUT2D eigenvalue weighted by atomic mass is 16.2. The molecular weight excluding hydrogens is 436 g/mol. The number of anilines is 3. The molecule has 2 aromatic rings. The summed E-state index contributed by atoms with van der Waals surface area (Å²) in [5.74, 6) is 0.934. The first-order valence-electron chi connectivity index (χ1n) is 11.8. The number of urea groups is 1. The molecule has 34 heavy (non-hydrogen) atoms. The van der Waals surface area contributed by atoms with Crippen molar-refractivity contribution >= 4 is 35.2 Å². The van der Waals surface area contributed by atoms with E-state index in [2.05, 4.69) is 25.6 Å². The normalized spacial score (nSPS) is 15.6. The minimum absolute atomic E-state index is 0.0298. The molecule has 0 aromatic carbocycles. The minimum Gasteiger partial charge on any atom is -0.367 e. The van der Waals surface area contributed by atoms with Gasteiger partial charge >= 0.3 is 6.03 Å². The Morgan fingerprint density at radius 1 is 1.03 bits per heavy atom. The molecule has 2 aromatic heterocycles. The van der Waals surface area contributed by atoms with E-state index in [1.165, 1.54) is 0 Å². The Bertz CT molecular complexity index is 1030. The zero-order valence-corrected chi connectivity index (χ0v) is 19.8. The van der Waals surface area contributed by atoms with Crippen LogP contribution in [0, 0.1) is 6.92 Å². The van der Waals surface area contributed by atoms with Crippen LogP contribution < -0.4 is 20.4 Å². The fraction of sp³-hybridized carbons (Fsp3) is 0.522. The molecule has 0 unspecified atom stereocenters. The molecule has 182 valence electrons. The lowest BCUT2D eigenvalue weighted by Gasteiger charge is -2.35. The fourth-order valence-electron chi connectivity index (χ4n) is 4.30. The number of nitrogens with zero attached hydrogens (tertiary/aromatic N) is 6. The van der Waals surface area contributed by atoms with Crippen LogP contribution in [0.5, 0.6) is 0 Å². The molecule has 1 fully saturated rings. The van der Waals surface area contributed by atoms with Gasteiger partial charge in [-0.3, -0.25) is 14.5 Å². The largest absolute Gasteiger partial charge is 0.367 e. The van der Waals surface area contributed by atoms with Crippen LogP contribution in [0.25, 0.3) is 0 Å². The van der Waals surface area contributed by atoms with Gasteiger partial charge in [0.1, 0.15) is 11.6 Å². The van der Waals surface area contributed by atoms with Crippen LogP contribution in [0.1, 0.15) is 31.9 Å². The number of rotatable bonds is 6. The smallest absolute Gasteiger partial charge is 0.317 e. The summed E-state index contributed by atoms with van der Waals surface area (Å²) in [6.45, 7) is 8.63. The number of carbonyl (C=O) groups excluding carboxylic acids is 3. The Morgan fingerprint density at radius 3 is 2.53 bits per heavy atom. The molecule has 4 heterocycles. The van der Waals surface area contributed by atoms with E-state index in [0.29, 0.717) is 32.0 Å². The maximum atomic E-state index is 12.7. The third-order valence-electron chi connectivity index (χ3n) is 6.05. The van der Waals surface area contributed by atoms with Gasteiger partial charge in [0.2, 0.25) is 11.8 Å². The van der Waals surface area contributed by atoms with Crippen LogP contribution in [0.3, 0.4) is 0 Å². The summed E-state index contributed by atoms with van der Waals surface area (Å²) in [6, 6.07) is 5.55. The van der Waals surface area contributed by atoms with Gasteiger partial charge in [0.25, 0.3) is 0 Å². The summed E-state index contributed by atoms with van der Waals surface area (Å²) in [5.41, 5.74) is 1.83. The number of hydrogen-bond acceptors (Lipinski definition) is 6. The summed E-state index contributed by atoms with van der Waals surface area (Å²) in [5, 5.41) is 10.0. The predicted molar refractivity (Wildman–Crippen MR) is 129 cm³/mol. The number of nitrogens with one attached hydrogen (secondary N) is 2. The highest BCUT2D eigenvalue weighted by molar-refractivity contribution is 5.97. The maximum absolute atomic E-state index is 12.7. The quantitative estimate of drug-likeness (QED) is 0.665. The molecule has 11 nitrogen and oxygen atoms in total. The summed E-state index contributed by atoms with van der Waals surface area (Å²) in [4.78, 5) is 47.1. The number of aryl methyl sites for hydroxylation is 2. The molecule has 0 saturated carbocycles. The molecular formula is C23H32N8O3. The van der Waals surface area contributed by atoms with Crippen LogP contribution in [-0.2, 0) is 16.1 Å². The number of fused-ring (bicyclic) bond motifs is 1. The van der Waals surface area contributed by atoms with Crippen molar-refractivity contribution in [1.29, 1.82) is 0 Å². The fourth-order valence-corrected chi connectivity index (χ4v) is 4.30. The second-order valence-corrected chi connectivity index (χ2v) is 8.53. The lowest BCUT2D eigenvalue weighted by molar-refractivity contribution is -0.122. The number of piperazine rings is 1. The maximum Gasteiger partial charge on any atom is 0.317 e. The second kappa shape index (κ2) is 10.5. The number of carbonyl (C=O) groups is 3. The monoisotopic (exact) mass is 468 g/mol. The number of hydrogen-bond donors (Lipinski definition) is 2. The topological polar surface area (TPSA) is 116 Å².